The Hall–Kier alpha value is 0.596. The summed E-state index contributed by atoms with van der Waals surface area (Å²) in [6.45, 7) is 4.13. The van der Waals surface area contributed by atoms with Gasteiger partial charge >= 0.3 is 33.5 Å². The largest absolute Gasteiger partial charge is 0.399 e. The highest BCUT2D eigenvalue weighted by atomic mass is 32.3. The van der Waals surface area contributed by atoms with Crippen molar-refractivity contribution in [1.82, 2.24) is 0 Å². The molecule has 0 aromatic carbocycles. The summed E-state index contributed by atoms with van der Waals surface area (Å²) < 4.78 is 38.6. The molecule has 0 radical (unpaired) electrons. The van der Waals surface area contributed by atoms with Crippen molar-refractivity contribution in [3.05, 3.63) is 0 Å². The minimum Gasteiger partial charge on any atom is -0.352 e. The molecule has 1 atom stereocenters. The molecular weight excluding hydrogens is 305 g/mol. The molecule has 0 aromatic heterocycles. The first-order chi connectivity index (χ1) is 9.45. The molecule has 1 unspecified atom stereocenters. The third kappa shape index (κ3) is 20.6. The van der Waals surface area contributed by atoms with Gasteiger partial charge in [0.25, 0.3) is 0 Å². The molecule has 0 aromatic rings. The second-order valence-corrected chi connectivity index (χ2v) is 6.19. The van der Waals surface area contributed by atoms with Crippen molar-refractivity contribution < 1.29 is 21.9 Å². The molecule has 21 heavy (non-hydrogen) atoms. The summed E-state index contributed by atoms with van der Waals surface area (Å²) >= 11 is 0. The van der Waals surface area contributed by atoms with Crippen LogP contribution in [0.4, 0.5) is 0 Å². The highest BCUT2D eigenvalue weighted by molar-refractivity contribution is 7.80. The van der Waals surface area contributed by atoms with Crippen molar-refractivity contribution in [2.45, 2.75) is 84.3 Å². The Bertz CT molecular complexity index is 308. The monoisotopic (exact) mass is 336 g/mol. The van der Waals surface area contributed by atoms with Gasteiger partial charge in [-0.3, -0.25) is 4.55 Å². The molecule has 0 saturated carbocycles. The third-order valence-corrected chi connectivity index (χ3v) is 3.62. The van der Waals surface area contributed by atoms with Crippen LogP contribution in [0, 0.1) is 0 Å². The average Bonchev–Trinajstić information content (AvgIpc) is 2.34. The molecule has 1 N–H and O–H groups in total. The average molecular weight is 337 g/mol. The summed E-state index contributed by atoms with van der Waals surface area (Å²) in [5.74, 6) is 0. The molecule has 126 valence electrons. The van der Waals surface area contributed by atoms with Gasteiger partial charge in [0, 0.05) is 6.61 Å². The van der Waals surface area contributed by atoms with E-state index in [-0.39, 0.29) is 23.1 Å². The van der Waals surface area contributed by atoms with Crippen LogP contribution in [-0.2, 0) is 19.3 Å². The lowest BCUT2D eigenvalue weighted by molar-refractivity contribution is -0.0689. The quantitative estimate of drug-likeness (QED) is 0.228. The van der Waals surface area contributed by atoms with Crippen molar-refractivity contribution in [3.8, 4) is 0 Å². The topological polar surface area (TPSA) is 72.8 Å². The van der Waals surface area contributed by atoms with Gasteiger partial charge in [0.2, 0.25) is 0 Å². The van der Waals surface area contributed by atoms with E-state index < -0.39 is 16.7 Å². The van der Waals surface area contributed by atoms with E-state index in [2.05, 4.69) is 11.1 Å². The summed E-state index contributed by atoms with van der Waals surface area (Å²) in [5, 5.41) is 0. The number of unbranched alkanes of at least 4 members (excludes halogenated alkanes) is 9. The maximum absolute atomic E-state index is 10.4. The fraction of sp³-hybridized carbons (Fsp3) is 1.00. The first kappa shape index (κ1) is 23.9. The maximum atomic E-state index is 10.4. The molecule has 0 aliphatic heterocycles. The van der Waals surface area contributed by atoms with Crippen molar-refractivity contribution in [1.29, 1.82) is 0 Å². The summed E-state index contributed by atoms with van der Waals surface area (Å²) in [7, 11) is -4.41. The van der Waals surface area contributed by atoms with E-state index in [0.717, 1.165) is 12.8 Å². The number of rotatable bonds is 14. The Labute approximate surface area is 146 Å². The van der Waals surface area contributed by atoms with Crippen molar-refractivity contribution >= 4 is 33.5 Å². The fourth-order valence-electron chi connectivity index (χ4n) is 2.04. The van der Waals surface area contributed by atoms with Crippen LogP contribution in [0.2, 0.25) is 0 Å². The standard InChI is InChI=1S/C14H30O5S.Mg.2H/c1-3-4-5-6-7-8-9-10-11-12-13-18-14(2)19-20(15,16)17;;;/h14H,3-13H2,1-2H3,(H,15,16,17);;;. The minimum atomic E-state index is -4.41. The van der Waals surface area contributed by atoms with Crippen LogP contribution in [0.5, 0.6) is 0 Å². The Morgan fingerprint density at radius 3 is 1.76 bits per heavy atom. The van der Waals surface area contributed by atoms with Gasteiger partial charge in [-0.15, -0.1) is 0 Å². The van der Waals surface area contributed by atoms with Gasteiger partial charge in [0.1, 0.15) is 0 Å². The van der Waals surface area contributed by atoms with Crippen molar-refractivity contribution in [2.24, 2.45) is 0 Å². The second kappa shape index (κ2) is 15.5. The molecule has 0 saturated heterocycles. The van der Waals surface area contributed by atoms with Crippen LogP contribution in [-0.4, -0.2) is 48.9 Å². The Kier molecular flexibility index (Phi) is 17.6. The minimum absolute atomic E-state index is 0. The van der Waals surface area contributed by atoms with Gasteiger partial charge in [-0.2, -0.15) is 8.42 Å². The lowest BCUT2D eigenvalue weighted by Gasteiger charge is -2.11. The summed E-state index contributed by atoms with van der Waals surface area (Å²) in [6.07, 6.45) is 11.4. The van der Waals surface area contributed by atoms with Gasteiger partial charge in [-0.05, 0) is 13.3 Å². The summed E-state index contributed by atoms with van der Waals surface area (Å²) in [4.78, 5) is 0. The van der Waals surface area contributed by atoms with Gasteiger partial charge in [-0.25, -0.2) is 4.18 Å². The smallest absolute Gasteiger partial charge is 0.352 e. The summed E-state index contributed by atoms with van der Waals surface area (Å²) in [6, 6.07) is 0. The molecule has 0 amide bonds. The van der Waals surface area contributed by atoms with Gasteiger partial charge < -0.3 is 4.74 Å². The van der Waals surface area contributed by atoms with E-state index in [0.29, 0.717) is 6.61 Å². The zero-order valence-corrected chi connectivity index (χ0v) is 13.7. The first-order valence-corrected chi connectivity index (χ1v) is 9.09. The van der Waals surface area contributed by atoms with Gasteiger partial charge in [0.05, 0.1) is 0 Å². The van der Waals surface area contributed by atoms with E-state index in [1.165, 1.54) is 58.3 Å². The Balaban J connectivity index is 0. The predicted molar refractivity (Wildman–Crippen MR) is 88.4 cm³/mol. The number of ether oxygens (including phenoxy) is 1. The van der Waals surface area contributed by atoms with E-state index in [9.17, 15) is 8.42 Å². The molecule has 0 heterocycles. The molecule has 7 heteroatoms. The zero-order chi connectivity index (χ0) is 15.3. The molecule has 0 bridgehead atoms. The van der Waals surface area contributed by atoms with E-state index in [1.807, 2.05) is 0 Å². The van der Waals surface area contributed by atoms with Crippen molar-refractivity contribution in [2.75, 3.05) is 6.61 Å². The van der Waals surface area contributed by atoms with E-state index in [1.54, 1.807) is 0 Å². The highest BCUT2D eigenvalue weighted by Crippen LogP contribution is 2.10. The van der Waals surface area contributed by atoms with Crippen LogP contribution in [0.15, 0.2) is 0 Å². The number of hydrogen-bond donors (Lipinski definition) is 1. The fourth-order valence-corrected chi connectivity index (χ4v) is 2.44. The molecule has 0 spiro atoms. The van der Waals surface area contributed by atoms with Gasteiger partial charge in [0.15, 0.2) is 6.29 Å². The van der Waals surface area contributed by atoms with E-state index in [4.69, 9.17) is 9.29 Å². The molecule has 0 aliphatic carbocycles. The van der Waals surface area contributed by atoms with Crippen LogP contribution in [0.25, 0.3) is 0 Å². The molecule has 0 aliphatic rings. The van der Waals surface area contributed by atoms with Crippen LogP contribution in [0.1, 0.15) is 78.1 Å². The van der Waals surface area contributed by atoms with Crippen LogP contribution in [0.3, 0.4) is 0 Å². The van der Waals surface area contributed by atoms with Crippen LogP contribution < -0.4 is 0 Å². The Morgan fingerprint density at radius 1 is 0.905 bits per heavy atom. The zero-order valence-electron chi connectivity index (χ0n) is 12.8. The highest BCUT2D eigenvalue weighted by Gasteiger charge is 2.11. The lowest BCUT2D eigenvalue weighted by atomic mass is 10.1. The maximum Gasteiger partial charge on any atom is 0.399 e. The van der Waals surface area contributed by atoms with Gasteiger partial charge in [-0.1, -0.05) is 64.7 Å². The number of hydrogen-bond acceptors (Lipinski definition) is 4. The third-order valence-electron chi connectivity index (χ3n) is 3.11. The molecule has 0 rings (SSSR count). The Morgan fingerprint density at radius 2 is 1.33 bits per heavy atom. The molecule has 0 fully saturated rings. The van der Waals surface area contributed by atoms with E-state index >= 15 is 0 Å². The SMILES string of the molecule is CCCCCCCCCCCCOC(C)OS(=O)(=O)O.[MgH2]. The lowest BCUT2D eigenvalue weighted by Crippen LogP contribution is -2.18. The predicted octanol–water partition coefficient (Wildman–Crippen LogP) is 3.17. The first-order valence-electron chi connectivity index (χ1n) is 7.73. The normalized spacial score (nSPS) is 12.9. The summed E-state index contributed by atoms with van der Waals surface area (Å²) in [5.41, 5.74) is 0. The van der Waals surface area contributed by atoms with Crippen LogP contribution >= 0.6 is 0 Å². The second-order valence-electron chi connectivity index (χ2n) is 5.14. The molecular formula is C14H32MgO5S. The molecule has 5 nitrogen and oxygen atoms in total. The van der Waals surface area contributed by atoms with Crippen molar-refractivity contribution in [3.63, 3.8) is 0 Å².